The average molecular weight is 486 g/mol. The van der Waals surface area contributed by atoms with E-state index in [1.807, 2.05) is 17.8 Å². The summed E-state index contributed by atoms with van der Waals surface area (Å²) in [7, 11) is 0. The number of aromatic carboxylic acids is 1. The molecule has 1 saturated heterocycles. The van der Waals surface area contributed by atoms with Gasteiger partial charge in [0.15, 0.2) is 0 Å². The number of piperazine rings is 1. The lowest BCUT2D eigenvalue weighted by Gasteiger charge is -2.31. The summed E-state index contributed by atoms with van der Waals surface area (Å²) in [5.74, 6) is -1.63. The molecule has 4 aromatic carbocycles. The molecule has 0 spiro atoms. The van der Waals surface area contributed by atoms with E-state index in [4.69, 9.17) is 5.11 Å². The SMILES string of the molecule is Cc1ccc(Sc2ccccc2N2CCNCC2)c(C)c1.O=C(O)c1cc2ccccc2cc1[O-]. The van der Waals surface area contributed by atoms with E-state index < -0.39 is 11.7 Å². The Balaban J connectivity index is 0.000000179. The molecule has 0 aliphatic carbocycles. The van der Waals surface area contributed by atoms with Gasteiger partial charge >= 0.3 is 5.97 Å². The number of nitrogens with zero attached hydrogens (tertiary/aromatic N) is 1. The summed E-state index contributed by atoms with van der Waals surface area (Å²) in [5, 5.41) is 25.0. The van der Waals surface area contributed by atoms with Gasteiger partial charge in [-0.05, 0) is 54.4 Å². The second-order valence-corrected chi connectivity index (χ2v) is 9.66. The molecule has 1 fully saturated rings. The van der Waals surface area contributed by atoms with Gasteiger partial charge in [0.1, 0.15) is 0 Å². The number of benzene rings is 4. The van der Waals surface area contributed by atoms with Crippen molar-refractivity contribution < 1.29 is 15.0 Å². The summed E-state index contributed by atoms with van der Waals surface area (Å²) in [6, 6.07) is 25.4. The van der Waals surface area contributed by atoms with E-state index in [9.17, 15) is 9.90 Å². The molecule has 0 aromatic heterocycles. The Labute approximate surface area is 210 Å². The maximum atomic E-state index is 11.3. The fraction of sp³-hybridized carbons (Fsp3) is 0.207. The highest BCUT2D eigenvalue weighted by molar-refractivity contribution is 7.99. The zero-order valence-corrected chi connectivity index (χ0v) is 20.8. The molecule has 5 nitrogen and oxygen atoms in total. The first-order valence-electron chi connectivity index (χ1n) is 11.7. The largest absolute Gasteiger partial charge is 0.872 e. The van der Waals surface area contributed by atoms with Gasteiger partial charge in [-0.1, -0.05) is 77.7 Å². The van der Waals surface area contributed by atoms with Crippen LogP contribution in [0.4, 0.5) is 5.69 Å². The fourth-order valence-corrected chi connectivity index (χ4v) is 5.17. The van der Waals surface area contributed by atoms with Crippen molar-refractivity contribution in [2.75, 3.05) is 31.1 Å². The Kier molecular flexibility index (Phi) is 7.95. The van der Waals surface area contributed by atoms with Crippen molar-refractivity contribution in [2.45, 2.75) is 23.6 Å². The van der Waals surface area contributed by atoms with Gasteiger partial charge in [-0.2, -0.15) is 0 Å². The van der Waals surface area contributed by atoms with Crippen LogP contribution in [0.15, 0.2) is 88.7 Å². The number of carboxylic acid groups (broad SMARTS) is 1. The molecule has 0 saturated carbocycles. The average Bonchev–Trinajstić information content (AvgIpc) is 2.86. The molecule has 6 heteroatoms. The highest BCUT2D eigenvalue weighted by Gasteiger charge is 2.15. The smallest absolute Gasteiger partial charge is 0.335 e. The van der Waals surface area contributed by atoms with Gasteiger partial charge in [0.2, 0.25) is 0 Å². The molecule has 1 aliphatic rings. The minimum atomic E-state index is -1.18. The maximum absolute atomic E-state index is 11.3. The third-order valence-electron chi connectivity index (χ3n) is 5.95. The molecule has 180 valence electrons. The number of carbonyl (C=O) groups is 1. The molecule has 2 N–H and O–H groups in total. The number of carboxylic acids is 1. The number of rotatable bonds is 4. The third kappa shape index (κ3) is 6.15. The van der Waals surface area contributed by atoms with Crippen molar-refractivity contribution in [3.63, 3.8) is 0 Å². The van der Waals surface area contributed by atoms with Crippen molar-refractivity contribution in [1.29, 1.82) is 0 Å². The highest BCUT2D eigenvalue weighted by Crippen LogP contribution is 2.37. The molecule has 5 rings (SSSR count). The third-order valence-corrected chi connectivity index (χ3v) is 7.19. The Hall–Kier alpha value is -3.48. The Bertz CT molecular complexity index is 1330. The lowest BCUT2D eigenvalue weighted by atomic mass is 10.1. The fourth-order valence-electron chi connectivity index (χ4n) is 4.13. The molecule has 0 amide bonds. The van der Waals surface area contributed by atoms with Crippen LogP contribution in [0, 0.1) is 13.8 Å². The van der Waals surface area contributed by atoms with E-state index in [-0.39, 0.29) is 5.56 Å². The number of nitrogens with one attached hydrogen (secondary N) is 1. The van der Waals surface area contributed by atoms with Gasteiger partial charge in [-0.3, -0.25) is 0 Å². The number of anilines is 1. The van der Waals surface area contributed by atoms with Crippen molar-refractivity contribution in [2.24, 2.45) is 0 Å². The van der Waals surface area contributed by atoms with Crippen LogP contribution < -0.4 is 15.3 Å². The van der Waals surface area contributed by atoms with Crippen LogP contribution in [0.2, 0.25) is 0 Å². The molecule has 4 aromatic rings. The van der Waals surface area contributed by atoms with E-state index in [1.165, 1.54) is 38.7 Å². The van der Waals surface area contributed by atoms with E-state index in [2.05, 4.69) is 66.5 Å². The maximum Gasteiger partial charge on any atom is 0.335 e. The molecule has 0 unspecified atom stereocenters. The topological polar surface area (TPSA) is 75.6 Å². The van der Waals surface area contributed by atoms with Crippen LogP contribution in [0.3, 0.4) is 0 Å². The van der Waals surface area contributed by atoms with Crippen LogP contribution >= 0.6 is 11.8 Å². The first-order valence-corrected chi connectivity index (χ1v) is 12.5. The van der Waals surface area contributed by atoms with Crippen LogP contribution in [0.1, 0.15) is 21.5 Å². The van der Waals surface area contributed by atoms with E-state index in [0.717, 1.165) is 37.0 Å². The summed E-state index contributed by atoms with van der Waals surface area (Å²) in [4.78, 5) is 15.9. The summed E-state index contributed by atoms with van der Waals surface area (Å²) in [6.07, 6.45) is 0. The molecular weight excluding hydrogens is 456 g/mol. The van der Waals surface area contributed by atoms with Crippen LogP contribution in [-0.2, 0) is 0 Å². The van der Waals surface area contributed by atoms with Crippen molar-refractivity contribution in [3.8, 4) is 5.75 Å². The highest BCUT2D eigenvalue weighted by atomic mass is 32.2. The van der Waals surface area contributed by atoms with Crippen LogP contribution in [0.5, 0.6) is 5.75 Å². The molecular formula is C29H29N2O3S-. The molecule has 1 aliphatic heterocycles. The number of aryl methyl sites for hydroxylation is 2. The lowest BCUT2D eigenvalue weighted by Crippen LogP contribution is -2.43. The summed E-state index contributed by atoms with van der Waals surface area (Å²) in [5.41, 5.74) is 3.87. The van der Waals surface area contributed by atoms with Crippen molar-refractivity contribution in [1.82, 2.24) is 5.32 Å². The number of hydrogen-bond donors (Lipinski definition) is 2. The number of para-hydroxylation sites is 1. The quantitative estimate of drug-likeness (QED) is 0.399. The van der Waals surface area contributed by atoms with Crippen molar-refractivity contribution >= 4 is 34.2 Å². The van der Waals surface area contributed by atoms with Gasteiger partial charge in [0.05, 0.1) is 11.3 Å². The first kappa shape index (κ1) is 24.6. The van der Waals surface area contributed by atoms with Gasteiger partial charge in [-0.15, -0.1) is 0 Å². The van der Waals surface area contributed by atoms with Gasteiger partial charge in [-0.25, -0.2) is 4.79 Å². The van der Waals surface area contributed by atoms with Gasteiger partial charge in [0.25, 0.3) is 0 Å². The zero-order chi connectivity index (χ0) is 24.8. The second-order valence-electron chi connectivity index (χ2n) is 8.58. The monoisotopic (exact) mass is 485 g/mol. The normalized spacial score (nSPS) is 13.3. The van der Waals surface area contributed by atoms with E-state index in [1.54, 1.807) is 18.2 Å². The molecule has 1 heterocycles. The Morgan fingerprint density at radius 3 is 2.23 bits per heavy atom. The lowest BCUT2D eigenvalue weighted by molar-refractivity contribution is -0.268. The summed E-state index contributed by atoms with van der Waals surface area (Å²) in [6.45, 7) is 8.67. The predicted octanol–water partition coefficient (Wildman–Crippen LogP) is 5.48. The van der Waals surface area contributed by atoms with Crippen molar-refractivity contribution in [3.05, 3.63) is 95.6 Å². The molecule has 0 radical (unpaired) electrons. The molecule has 35 heavy (non-hydrogen) atoms. The van der Waals surface area contributed by atoms with Crippen LogP contribution in [0.25, 0.3) is 10.8 Å². The van der Waals surface area contributed by atoms with Gasteiger partial charge < -0.3 is 20.4 Å². The second kappa shape index (κ2) is 11.3. The minimum Gasteiger partial charge on any atom is -0.872 e. The Morgan fingerprint density at radius 2 is 1.54 bits per heavy atom. The summed E-state index contributed by atoms with van der Waals surface area (Å²) < 4.78 is 0. The standard InChI is InChI=1S/C18H22N2S.C11H8O3/c1-14-7-8-17(15(2)13-14)21-18-6-4-3-5-16(18)20-11-9-19-10-12-20;12-10-6-8-4-2-1-3-7(8)5-9(10)11(13)14/h3-8,13,19H,9-12H2,1-2H3;1-6,12H,(H,13,14)/p-1. The Morgan fingerprint density at radius 1 is 0.886 bits per heavy atom. The minimum absolute atomic E-state index is 0.177. The zero-order valence-electron chi connectivity index (χ0n) is 20.0. The first-order chi connectivity index (χ1) is 16.9. The van der Waals surface area contributed by atoms with Crippen LogP contribution in [-0.4, -0.2) is 37.3 Å². The number of fused-ring (bicyclic) bond motifs is 1. The molecule has 0 bridgehead atoms. The number of hydrogen-bond acceptors (Lipinski definition) is 5. The summed E-state index contributed by atoms with van der Waals surface area (Å²) >= 11 is 1.88. The van der Waals surface area contributed by atoms with E-state index >= 15 is 0 Å². The molecule has 0 atom stereocenters. The van der Waals surface area contributed by atoms with Gasteiger partial charge in [0, 0.05) is 36.0 Å². The predicted molar refractivity (Wildman–Crippen MR) is 142 cm³/mol. The van der Waals surface area contributed by atoms with E-state index in [0.29, 0.717) is 0 Å².